The van der Waals surface area contributed by atoms with Gasteiger partial charge in [-0.1, -0.05) is 0 Å². The Bertz CT molecular complexity index is 562. The molecule has 1 aromatic carbocycles. The molecule has 114 valence electrons. The number of nitrogens with one attached hydrogen (secondary N) is 1. The minimum atomic E-state index is -1.09. The fourth-order valence-corrected chi connectivity index (χ4v) is 1.76. The lowest BCUT2D eigenvalue weighted by Gasteiger charge is -2.12. The molecule has 2 amide bonds. The first kappa shape index (κ1) is 16.8. The number of hydrogen-bond donors (Lipinski definition) is 3. The summed E-state index contributed by atoms with van der Waals surface area (Å²) in [5.41, 5.74) is 7.55. The van der Waals surface area contributed by atoms with Crippen LogP contribution in [0.3, 0.4) is 0 Å². The van der Waals surface area contributed by atoms with Crippen LogP contribution in [0.2, 0.25) is 0 Å². The van der Waals surface area contributed by atoms with E-state index >= 15 is 0 Å². The molecule has 0 fully saturated rings. The van der Waals surface area contributed by atoms with Crippen molar-refractivity contribution in [1.29, 1.82) is 0 Å². The molecule has 0 aromatic heterocycles. The Morgan fingerprint density at radius 1 is 1.43 bits per heavy atom. The molecular formula is C12H14BrN3O5. The van der Waals surface area contributed by atoms with Crippen molar-refractivity contribution in [2.24, 2.45) is 10.8 Å². The first-order valence-corrected chi connectivity index (χ1v) is 6.62. The van der Waals surface area contributed by atoms with E-state index in [1.54, 1.807) is 19.1 Å². The fourth-order valence-electron chi connectivity index (χ4n) is 1.34. The van der Waals surface area contributed by atoms with Crippen molar-refractivity contribution in [3.05, 3.63) is 22.2 Å². The van der Waals surface area contributed by atoms with Gasteiger partial charge in [-0.05, 0) is 35.0 Å². The molecule has 1 rings (SSSR count). The Morgan fingerprint density at radius 3 is 2.67 bits per heavy atom. The number of urea groups is 1. The van der Waals surface area contributed by atoms with E-state index in [1.807, 2.05) is 0 Å². The van der Waals surface area contributed by atoms with Gasteiger partial charge in [-0.25, -0.2) is 15.0 Å². The lowest BCUT2D eigenvalue weighted by molar-refractivity contribution is -0.139. The highest BCUT2D eigenvalue weighted by atomic mass is 79.9. The molecule has 1 aromatic rings. The summed E-state index contributed by atoms with van der Waals surface area (Å²) in [6.45, 7) is 1.68. The Morgan fingerprint density at radius 2 is 2.10 bits per heavy atom. The Hall–Kier alpha value is -2.29. The summed E-state index contributed by atoms with van der Waals surface area (Å²) in [5.74, 6) is -0.446. The van der Waals surface area contributed by atoms with Crippen LogP contribution in [0.15, 0.2) is 21.7 Å². The normalized spacial score (nSPS) is 10.4. The van der Waals surface area contributed by atoms with Crippen LogP contribution in [0.4, 0.5) is 4.79 Å². The summed E-state index contributed by atoms with van der Waals surface area (Å²) in [7, 11) is 0. The quantitative estimate of drug-likeness (QED) is 0.500. The summed E-state index contributed by atoms with van der Waals surface area (Å²) in [4.78, 5) is 21.1. The summed E-state index contributed by atoms with van der Waals surface area (Å²) < 4.78 is 11.1. The van der Waals surface area contributed by atoms with Crippen molar-refractivity contribution in [2.75, 3.05) is 13.2 Å². The smallest absolute Gasteiger partial charge is 0.341 e. The standard InChI is InChI=1S/C12H14BrN3O5/c1-2-20-9-3-7(5-15-16-12(14)19)8(13)4-10(9)21-6-11(17)18/h3-5H,2,6H2,1H3,(H,17,18)(H3,14,16,19). The number of carboxylic acid groups (broad SMARTS) is 1. The Labute approximate surface area is 129 Å². The molecule has 0 aliphatic heterocycles. The monoisotopic (exact) mass is 359 g/mol. The van der Waals surface area contributed by atoms with Crippen LogP contribution in [0.5, 0.6) is 11.5 Å². The summed E-state index contributed by atoms with van der Waals surface area (Å²) >= 11 is 3.29. The number of ether oxygens (including phenoxy) is 2. The molecule has 0 unspecified atom stereocenters. The minimum Gasteiger partial charge on any atom is -0.490 e. The van der Waals surface area contributed by atoms with Gasteiger partial charge < -0.3 is 20.3 Å². The van der Waals surface area contributed by atoms with E-state index in [-0.39, 0.29) is 5.75 Å². The lowest BCUT2D eigenvalue weighted by atomic mass is 10.2. The maximum atomic E-state index is 10.5. The molecule has 0 radical (unpaired) electrons. The summed E-state index contributed by atoms with van der Waals surface area (Å²) in [6.07, 6.45) is 1.36. The second-order valence-electron chi connectivity index (χ2n) is 3.67. The van der Waals surface area contributed by atoms with Gasteiger partial charge in [-0.2, -0.15) is 5.10 Å². The third kappa shape index (κ3) is 5.69. The van der Waals surface area contributed by atoms with E-state index in [1.165, 1.54) is 6.21 Å². The van der Waals surface area contributed by atoms with Crippen LogP contribution in [0.1, 0.15) is 12.5 Å². The molecule has 0 bridgehead atoms. The SMILES string of the molecule is CCOc1cc(C=NNC(N)=O)c(Br)cc1OCC(=O)O. The van der Waals surface area contributed by atoms with Crippen molar-refractivity contribution in [3.8, 4) is 11.5 Å². The number of hydrogen-bond acceptors (Lipinski definition) is 5. The molecule has 0 spiro atoms. The van der Waals surface area contributed by atoms with Crippen molar-refractivity contribution in [1.82, 2.24) is 5.43 Å². The highest BCUT2D eigenvalue weighted by molar-refractivity contribution is 9.10. The molecule has 0 aliphatic rings. The summed E-state index contributed by atoms with van der Waals surface area (Å²) in [6, 6.07) is 2.37. The number of carbonyl (C=O) groups excluding carboxylic acids is 1. The van der Waals surface area contributed by atoms with Gasteiger partial charge in [-0.3, -0.25) is 0 Å². The van der Waals surface area contributed by atoms with Crippen molar-refractivity contribution in [2.45, 2.75) is 6.92 Å². The molecular weight excluding hydrogens is 346 g/mol. The predicted molar refractivity (Wildman–Crippen MR) is 78.8 cm³/mol. The van der Waals surface area contributed by atoms with Gasteiger partial charge in [0.05, 0.1) is 12.8 Å². The van der Waals surface area contributed by atoms with Crippen molar-refractivity contribution in [3.63, 3.8) is 0 Å². The van der Waals surface area contributed by atoms with Crippen molar-refractivity contribution >= 4 is 34.1 Å². The Kier molecular flexibility index (Phi) is 6.47. The van der Waals surface area contributed by atoms with Crippen LogP contribution in [-0.2, 0) is 4.79 Å². The number of nitrogens with zero attached hydrogens (tertiary/aromatic N) is 1. The number of amides is 2. The second kappa shape index (κ2) is 8.10. The van der Waals surface area contributed by atoms with E-state index in [4.69, 9.17) is 20.3 Å². The van der Waals surface area contributed by atoms with Crippen LogP contribution < -0.4 is 20.6 Å². The topological polar surface area (TPSA) is 123 Å². The van der Waals surface area contributed by atoms with Gasteiger partial charge in [0.2, 0.25) is 0 Å². The zero-order chi connectivity index (χ0) is 15.8. The number of primary amides is 1. The molecule has 0 atom stereocenters. The van der Waals surface area contributed by atoms with E-state index in [2.05, 4.69) is 26.5 Å². The van der Waals surface area contributed by atoms with Gasteiger partial charge in [0, 0.05) is 10.0 Å². The molecule has 0 saturated heterocycles. The number of aliphatic carboxylic acids is 1. The maximum absolute atomic E-state index is 10.5. The van der Waals surface area contributed by atoms with Gasteiger partial charge in [0.25, 0.3) is 0 Å². The Balaban J connectivity index is 3.01. The summed E-state index contributed by atoms with van der Waals surface area (Å²) in [5, 5.41) is 12.3. The van der Waals surface area contributed by atoms with E-state index < -0.39 is 18.6 Å². The van der Waals surface area contributed by atoms with Crippen LogP contribution in [0.25, 0.3) is 0 Å². The first-order valence-electron chi connectivity index (χ1n) is 5.83. The van der Waals surface area contributed by atoms with Crippen LogP contribution >= 0.6 is 15.9 Å². The molecule has 0 heterocycles. The molecule has 21 heavy (non-hydrogen) atoms. The maximum Gasteiger partial charge on any atom is 0.341 e. The molecule has 8 nitrogen and oxygen atoms in total. The molecule has 0 aliphatic carbocycles. The zero-order valence-electron chi connectivity index (χ0n) is 11.1. The fraction of sp³-hybridized carbons (Fsp3) is 0.250. The molecule has 0 saturated carbocycles. The second-order valence-corrected chi connectivity index (χ2v) is 4.52. The van der Waals surface area contributed by atoms with Crippen LogP contribution in [0, 0.1) is 0 Å². The van der Waals surface area contributed by atoms with E-state index in [0.717, 1.165) is 0 Å². The van der Waals surface area contributed by atoms with Gasteiger partial charge in [0.1, 0.15) is 0 Å². The third-order valence-electron chi connectivity index (χ3n) is 2.09. The average Bonchev–Trinajstić information content (AvgIpc) is 2.40. The minimum absolute atomic E-state index is 0.283. The molecule has 9 heteroatoms. The van der Waals surface area contributed by atoms with E-state index in [0.29, 0.717) is 22.4 Å². The van der Waals surface area contributed by atoms with Gasteiger partial charge in [-0.15, -0.1) is 0 Å². The third-order valence-corrected chi connectivity index (χ3v) is 2.78. The number of benzene rings is 1. The number of halogens is 1. The van der Waals surface area contributed by atoms with Crippen molar-refractivity contribution < 1.29 is 24.2 Å². The van der Waals surface area contributed by atoms with Gasteiger partial charge >= 0.3 is 12.0 Å². The predicted octanol–water partition coefficient (Wildman–Crippen LogP) is 1.31. The number of rotatable bonds is 7. The highest BCUT2D eigenvalue weighted by Gasteiger charge is 2.11. The lowest BCUT2D eigenvalue weighted by Crippen LogP contribution is -2.24. The molecule has 4 N–H and O–H groups in total. The zero-order valence-corrected chi connectivity index (χ0v) is 12.7. The van der Waals surface area contributed by atoms with Gasteiger partial charge in [0.15, 0.2) is 18.1 Å². The number of nitrogens with two attached hydrogens (primary N) is 1. The highest BCUT2D eigenvalue weighted by Crippen LogP contribution is 2.33. The van der Waals surface area contributed by atoms with Crippen LogP contribution in [-0.4, -0.2) is 36.5 Å². The van der Waals surface area contributed by atoms with E-state index in [9.17, 15) is 9.59 Å². The largest absolute Gasteiger partial charge is 0.490 e. The number of carboxylic acids is 1. The average molecular weight is 360 g/mol. The first-order chi connectivity index (χ1) is 9.93. The number of carbonyl (C=O) groups is 2. The number of hydrazone groups is 1.